The molecule has 1 amide bonds. The molecule has 0 aromatic heterocycles. The Hall–Kier alpha value is -2.15. The highest BCUT2D eigenvalue weighted by molar-refractivity contribution is 6.30. The first-order chi connectivity index (χ1) is 11.1. The van der Waals surface area contributed by atoms with Gasteiger partial charge in [-0.1, -0.05) is 23.7 Å². The minimum absolute atomic E-state index is 0.139. The molecule has 5 nitrogen and oxygen atoms in total. The van der Waals surface area contributed by atoms with Crippen molar-refractivity contribution in [1.29, 1.82) is 0 Å². The maximum Gasteiger partial charge on any atom is 0.241 e. The average Bonchev–Trinajstić information content (AvgIpc) is 2.54. The van der Waals surface area contributed by atoms with Crippen LogP contribution in [-0.2, 0) is 11.2 Å². The van der Waals surface area contributed by atoms with Crippen molar-refractivity contribution in [2.45, 2.75) is 18.8 Å². The quantitative estimate of drug-likeness (QED) is 0.690. The maximum atomic E-state index is 12.9. The number of anilines is 1. The topological polar surface area (TPSA) is 65.2 Å². The van der Waals surface area contributed by atoms with Gasteiger partial charge in [0, 0.05) is 10.7 Å². The van der Waals surface area contributed by atoms with Crippen molar-refractivity contribution in [3.05, 3.63) is 64.9 Å². The van der Waals surface area contributed by atoms with Crippen LogP contribution in [0.5, 0.6) is 0 Å². The van der Waals surface area contributed by atoms with Gasteiger partial charge in [-0.15, -0.1) is 0 Å². The Morgan fingerprint density at radius 1 is 1.04 bits per heavy atom. The third kappa shape index (κ3) is 4.19. The Labute approximate surface area is 138 Å². The molecule has 1 aliphatic rings. The van der Waals surface area contributed by atoms with Crippen LogP contribution in [0.25, 0.3) is 0 Å². The third-order valence-electron chi connectivity index (χ3n) is 3.51. The molecule has 23 heavy (non-hydrogen) atoms. The summed E-state index contributed by atoms with van der Waals surface area (Å²) in [6, 6.07) is 12.8. The van der Waals surface area contributed by atoms with E-state index < -0.39 is 12.3 Å². The highest BCUT2D eigenvalue weighted by atomic mass is 35.5. The van der Waals surface area contributed by atoms with Crippen LogP contribution in [0.2, 0.25) is 5.02 Å². The Bertz CT molecular complexity index is 677. The number of hydrazine groups is 1. The molecule has 7 heteroatoms. The molecule has 2 unspecified atom stereocenters. The lowest BCUT2D eigenvalue weighted by Gasteiger charge is -2.32. The zero-order valence-electron chi connectivity index (χ0n) is 12.1. The molecule has 1 heterocycles. The molecule has 1 fully saturated rings. The van der Waals surface area contributed by atoms with Crippen LogP contribution in [-0.4, -0.2) is 18.2 Å². The van der Waals surface area contributed by atoms with Crippen LogP contribution in [0.15, 0.2) is 48.5 Å². The Morgan fingerprint density at radius 3 is 2.39 bits per heavy atom. The zero-order valence-corrected chi connectivity index (χ0v) is 12.9. The van der Waals surface area contributed by atoms with Crippen LogP contribution in [0, 0.1) is 5.82 Å². The summed E-state index contributed by atoms with van der Waals surface area (Å²) in [6.07, 6.45) is 0.0282. The second-order valence-electron chi connectivity index (χ2n) is 5.26. The molecular weight excluding hydrogens is 319 g/mol. The highest BCUT2D eigenvalue weighted by Crippen LogP contribution is 2.14. The fourth-order valence-electron chi connectivity index (χ4n) is 2.31. The molecule has 0 spiro atoms. The average molecular weight is 335 g/mol. The van der Waals surface area contributed by atoms with Gasteiger partial charge in [0.05, 0.1) is 0 Å². The summed E-state index contributed by atoms with van der Waals surface area (Å²) in [5, 5.41) is 6.59. The smallest absolute Gasteiger partial charge is 0.241 e. The summed E-state index contributed by atoms with van der Waals surface area (Å²) in [6.45, 7) is 0. The molecule has 1 aliphatic heterocycles. The van der Waals surface area contributed by atoms with Gasteiger partial charge in [-0.05, 0) is 48.4 Å². The van der Waals surface area contributed by atoms with Crippen molar-refractivity contribution in [3.63, 3.8) is 0 Å². The van der Waals surface area contributed by atoms with Crippen molar-refractivity contribution in [2.75, 3.05) is 5.32 Å². The summed E-state index contributed by atoms with van der Waals surface area (Å²) in [5.74, 6) is -0.431. The van der Waals surface area contributed by atoms with Gasteiger partial charge < -0.3 is 10.6 Å². The van der Waals surface area contributed by atoms with Crippen LogP contribution in [0.4, 0.5) is 10.1 Å². The predicted molar refractivity (Wildman–Crippen MR) is 87.2 cm³/mol. The van der Waals surface area contributed by atoms with Crippen LogP contribution >= 0.6 is 11.6 Å². The molecule has 0 bridgehead atoms. The Morgan fingerprint density at radius 2 is 1.74 bits per heavy atom. The van der Waals surface area contributed by atoms with Gasteiger partial charge >= 0.3 is 0 Å². The second kappa shape index (κ2) is 6.95. The monoisotopic (exact) mass is 334 g/mol. The molecule has 0 radical (unpaired) electrons. The fraction of sp³-hybridized carbons (Fsp3) is 0.188. The molecule has 0 saturated carbocycles. The SMILES string of the molecule is O=C1NC(Nc2ccc(Cl)cc2)NNC1Cc1ccc(F)cc1. The van der Waals surface area contributed by atoms with Crippen molar-refractivity contribution >= 4 is 23.2 Å². The van der Waals surface area contributed by atoms with Crippen molar-refractivity contribution < 1.29 is 9.18 Å². The maximum absolute atomic E-state index is 12.9. The molecule has 2 aromatic carbocycles. The number of rotatable bonds is 4. The molecule has 4 N–H and O–H groups in total. The van der Waals surface area contributed by atoms with Crippen molar-refractivity contribution in [1.82, 2.24) is 16.2 Å². The summed E-state index contributed by atoms with van der Waals surface area (Å²) in [4.78, 5) is 12.2. The first-order valence-electron chi connectivity index (χ1n) is 7.18. The van der Waals surface area contributed by atoms with Gasteiger partial charge in [-0.3, -0.25) is 4.79 Å². The standard InChI is InChI=1S/C16H16ClFN4O/c17-11-3-7-13(8-4-11)19-16-20-15(23)14(21-22-16)9-10-1-5-12(18)6-2-10/h1-8,14,16,19,21-22H,9H2,(H,20,23). The summed E-state index contributed by atoms with van der Waals surface area (Å²) < 4.78 is 12.9. The Kier molecular flexibility index (Phi) is 4.76. The van der Waals surface area contributed by atoms with Gasteiger partial charge in [0.2, 0.25) is 5.91 Å². The first kappa shape index (κ1) is 15.7. The minimum Gasteiger partial charge on any atom is -0.352 e. The minimum atomic E-state index is -0.437. The van der Waals surface area contributed by atoms with E-state index in [1.165, 1.54) is 12.1 Å². The van der Waals surface area contributed by atoms with Crippen LogP contribution in [0.1, 0.15) is 5.56 Å². The number of carbonyl (C=O) groups excluding carboxylic acids is 1. The molecule has 1 saturated heterocycles. The van der Waals surface area contributed by atoms with Gasteiger partial charge in [-0.25, -0.2) is 15.2 Å². The number of hydrogen-bond acceptors (Lipinski definition) is 4. The van der Waals surface area contributed by atoms with Gasteiger partial charge in [-0.2, -0.15) is 0 Å². The van der Waals surface area contributed by atoms with E-state index >= 15 is 0 Å². The van der Waals surface area contributed by atoms with E-state index in [0.29, 0.717) is 11.4 Å². The molecule has 120 valence electrons. The normalized spacial score (nSPS) is 20.9. The van der Waals surface area contributed by atoms with E-state index in [1.807, 2.05) is 12.1 Å². The molecule has 2 aromatic rings. The highest BCUT2D eigenvalue weighted by Gasteiger charge is 2.27. The molecule has 2 atom stereocenters. The number of carbonyl (C=O) groups is 1. The molecule has 0 aliphatic carbocycles. The van der Waals surface area contributed by atoms with Crippen molar-refractivity contribution in [3.8, 4) is 0 Å². The van der Waals surface area contributed by atoms with E-state index in [2.05, 4.69) is 21.5 Å². The lowest BCUT2D eigenvalue weighted by atomic mass is 10.1. The largest absolute Gasteiger partial charge is 0.352 e. The van der Waals surface area contributed by atoms with Crippen LogP contribution in [0.3, 0.4) is 0 Å². The number of benzene rings is 2. The first-order valence-corrected chi connectivity index (χ1v) is 7.56. The van der Waals surface area contributed by atoms with E-state index in [9.17, 15) is 9.18 Å². The second-order valence-corrected chi connectivity index (χ2v) is 5.70. The number of halogens is 2. The number of amides is 1. The lowest BCUT2D eigenvalue weighted by Crippen LogP contribution is -2.68. The Balaban J connectivity index is 1.55. The fourth-order valence-corrected chi connectivity index (χ4v) is 2.44. The predicted octanol–water partition coefficient (Wildman–Crippen LogP) is 2.01. The van der Waals surface area contributed by atoms with E-state index in [4.69, 9.17) is 11.6 Å². The molecular formula is C16H16ClFN4O. The summed E-state index contributed by atoms with van der Waals surface area (Å²) in [7, 11) is 0. The number of nitrogens with one attached hydrogen (secondary N) is 4. The van der Waals surface area contributed by atoms with E-state index in [0.717, 1.165) is 11.3 Å². The number of hydrogen-bond donors (Lipinski definition) is 4. The zero-order chi connectivity index (χ0) is 16.2. The third-order valence-corrected chi connectivity index (χ3v) is 3.77. The summed E-state index contributed by atoms with van der Waals surface area (Å²) in [5.41, 5.74) is 7.67. The van der Waals surface area contributed by atoms with Gasteiger partial charge in [0.1, 0.15) is 11.9 Å². The molecule has 3 rings (SSSR count). The van der Waals surface area contributed by atoms with Crippen molar-refractivity contribution in [2.24, 2.45) is 0 Å². The van der Waals surface area contributed by atoms with E-state index in [1.54, 1.807) is 24.3 Å². The van der Waals surface area contributed by atoms with Gasteiger partial charge in [0.25, 0.3) is 0 Å². The van der Waals surface area contributed by atoms with Crippen LogP contribution < -0.4 is 21.5 Å². The van der Waals surface area contributed by atoms with Gasteiger partial charge in [0.15, 0.2) is 6.29 Å². The lowest BCUT2D eigenvalue weighted by molar-refractivity contribution is -0.126. The summed E-state index contributed by atoms with van der Waals surface area (Å²) >= 11 is 5.83. The van der Waals surface area contributed by atoms with E-state index in [-0.39, 0.29) is 11.7 Å².